The van der Waals surface area contributed by atoms with Gasteiger partial charge in [-0.15, -0.1) is 0 Å². The van der Waals surface area contributed by atoms with Gasteiger partial charge in [0.25, 0.3) is 0 Å². The lowest BCUT2D eigenvalue weighted by atomic mass is 10.1. The first kappa shape index (κ1) is 20.8. The maximum Gasteiger partial charge on any atom is 0.411 e. The van der Waals surface area contributed by atoms with Crippen LogP contribution in [0.2, 0.25) is 0 Å². The second-order valence-electron chi connectivity index (χ2n) is 5.85. The van der Waals surface area contributed by atoms with Crippen molar-refractivity contribution in [1.82, 2.24) is 20.2 Å². The Bertz CT molecular complexity index is 684. The minimum absolute atomic E-state index is 0.0680. The summed E-state index contributed by atoms with van der Waals surface area (Å²) in [7, 11) is 0. The van der Waals surface area contributed by atoms with E-state index in [1.807, 2.05) is 29.8 Å². The highest BCUT2D eigenvalue weighted by molar-refractivity contribution is 5.79. The zero-order valence-corrected chi connectivity index (χ0v) is 15.2. The third-order valence-corrected chi connectivity index (χ3v) is 3.54. The number of benzene rings is 1. The van der Waals surface area contributed by atoms with Crippen molar-refractivity contribution in [3.05, 3.63) is 54.1 Å². The summed E-state index contributed by atoms with van der Waals surface area (Å²) in [6, 6.07) is 7.18. The first-order chi connectivity index (χ1) is 13.0. The number of imidazole rings is 1. The Morgan fingerprint density at radius 3 is 2.56 bits per heavy atom. The summed E-state index contributed by atoms with van der Waals surface area (Å²) in [6.45, 7) is 3.37. The summed E-state index contributed by atoms with van der Waals surface area (Å²) in [4.78, 5) is 8.51. The van der Waals surface area contributed by atoms with Crippen LogP contribution in [0.4, 0.5) is 13.2 Å². The van der Waals surface area contributed by atoms with Gasteiger partial charge in [0.1, 0.15) is 6.61 Å². The molecule has 2 N–H and O–H groups in total. The van der Waals surface area contributed by atoms with Crippen LogP contribution in [0.1, 0.15) is 18.1 Å². The Hall–Kier alpha value is -2.55. The molecule has 1 aromatic carbocycles. The molecule has 6 nitrogen and oxygen atoms in total. The number of hydrogen-bond donors (Lipinski definition) is 2. The largest absolute Gasteiger partial charge is 0.411 e. The lowest BCUT2D eigenvalue weighted by Gasteiger charge is -2.12. The maximum absolute atomic E-state index is 12.1. The number of nitrogens with one attached hydrogen (secondary N) is 2. The summed E-state index contributed by atoms with van der Waals surface area (Å²) in [5, 5.41) is 6.42. The number of guanidine groups is 1. The summed E-state index contributed by atoms with van der Waals surface area (Å²) in [6.07, 6.45) is 1.08. The van der Waals surface area contributed by atoms with Gasteiger partial charge in [-0.1, -0.05) is 24.3 Å². The van der Waals surface area contributed by atoms with Crippen LogP contribution in [0, 0.1) is 0 Å². The molecule has 0 amide bonds. The summed E-state index contributed by atoms with van der Waals surface area (Å²) >= 11 is 0. The highest BCUT2D eigenvalue weighted by atomic mass is 19.4. The quantitative estimate of drug-likeness (QED) is 0.516. The Morgan fingerprint density at radius 2 is 1.93 bits per heavy atom. The Balaban J connectivity index is 1.79. The van der Waals surface area contributed by atoms with E-state index < -0.39 is 12.8 Å². The van der Waals surface area contributed by atoms with Crippen molar-refractivity contribution in [1.29, 1.82) is 0 Å². The number of ether oxygens (including phenoxy) is 1. The average Bonchev–Trinajstić information content (AvgIpc) is 3.13. The van der Waals surface area contributed by atoms with Gasteiger partial charge in [0.05, 0.1) is 19.5 Å². The molecule has 0 fully saturated rings. The highest BCUT2D eigenvalue weighted by Gasteiger charge is 2.27. The van der Waals surface area contributed by atoms with Gasteiger partial charge < -0.3 is 19.9 Å². The van der Waals surface area contributed by atoms with Gasteiger partial charge in [0, 0.05) is 32.0 Å². The molecule has 0 saturated heterocycles. The van der Waals surface area contributed by atoms with Crippen LogP contribution in [-0.4, -0.2) is 41.4 Å². The van der Waals surface area contributed by atoms with Gasteiger partial charge in [0.15, 0.2) is 5.96 Å². The van der Waals surface area contributed by atoms with Crippen molar-refractivity contribution in [2.45, 2.75) is 32.8 Å². The topological polar surface area (TPSA) is 63.5 Å². The smallest absolute Gasteiger partial charge is 0.367 e. The molecule has 0 bridgehead atoms. The summed E-state index contributed by atoms with van der Waals surface area (Å²) in [5.74, 6) is 0.704. The number of alkyl halides is 3. The Kier molecular flexibility index (Phi) is 8.12. The predicted molar refractivity (Wildman–Crippen MR) is 97.2 cm³/mol. The average molecular weight is 383 g/mol. The van der Waals surface area contributed by atoms with Crippen LogP contribution >= 0.6 is 0 Å². The summed E-state index contributed by atoms with van der Waals surface area (Å²) < 4.78 is 42.8. The van der Waals surface area contributed by atoms with Crippen LogP contribution < -0.4 is 10.6 Å². The van der Waals surface area contributed by atoms with Crippen molar-refractivity contribution in [3.8, 4) is 0 Å². The van der Waals surface area contributed by atoms with Crippen LogP contribution in [0.3, 0.4) is 0 Å². The monoisotopic (exact) mass is 383 g/mol. The molecule has 1 heterocycles. The number of rotatable bonds is 9. The molecular formula is C18H24F3N5O. The first-order valence-electron chi connectivity index (χ1n) is 8.66. The van der Waals surface area contributed by atoms with Crippen molar-refractivity contribution in [3.63, 3.8) is 0 Å². The van der Waals surface area contributed by atoms with E-state index in [-0.39, 0.29) is 6.61 Å². The molecule has 0 atom stereocenters. The third-order valence-electron chi connectivity index (χ3n) is 3.54. The van der Waals surface area contributed by atoms with E-state index >= 15 is 0 Å². The summed E-state index contributed by atoms with van der Waals surface area (Å²) in [5.41, 5.74) is 1.65. The molecule has 2 rings (SSSR count). The number of aliphatic imine (C=N–C) groups is 1. The molecule has 0 aliphatic carbocycles. The zero-order valence-electron chi connectivity index (χ0n) is 15.2. The first-order valence-corrected chi connectivity index (χ1v) is 8.66. The van der Waals surface area contributed by atoms with Crippen LogP contribution in [-0.2, 0) is 24.4 Å². The van der Waals surface area contributed by atoms with E-state index in [9.17, 15) is 13.2 Å². The van der Waals surface area contributed by atoms with E-state index in [4.69, 9.17) is 0 Å². The normalized spacial score (nSPS) is 12.2. The van der Waals surface area contributed by atoms with Crippen molar-refractivity contribution in [2.24, 2.45) is 4.99 Å². The molecule has 0 radical (unpaired) electrons. The molecule has 0 aliphatic rings. The molecule has 0 saturated carbocycles. The van der Waals surface area contributed by atoms with Gasteiger partial charge in [-0.3, -0.25) is 0 Å². The molecule has 0 unspecified atom stereocenters. The number of aromatic nitrogens is 2. The molecule has 2 aromatic rings. The second-order valence-corrected chi connectivity index (χ2v) is 5.85. The van der Waals surface area contributed by atoms with Crippen LogP contribution in [0.25, 0.3) is 0 Å². The van der Waals surface area contributed by atoms with E-state index in [1.165, 1.54) is 0 Å². The fourth-order valence-electron chi connectivity index (χ4n) is 2.26. The Morgan fingerprint density at radius 1 is 1.19 bits per heavy atom. The minimum Gasteiger partial charge on any atom is -0.367 e. The molecule has 148 valence electrons. The lowest BCUT2D eigenvalue weighted by Crippen LogP contribution is -2.38. The van der Waals surface area contributed by atoms with E-state index in [0.29, 0.717) is 24.6 Å². The van der Waals surface area contributed by atoms with Crippen LogP contribution in [0.15, 0.2) is 48.0 Å². The number of hydrogen-bond acceptors (Lipinski definition) is 3. The second kappa shape index (κ2) is 10.6. The van der Waals surface area contributed by atoms with Gasteiger partial charge in [-0.2, -0.15) is 13.2 Å². The third kappa shape index (κ3) is 8.59. The van der Waals surface area contributed by atoms with E-state index in [1.54, 1.807) is 24.7 Å². The van der Waals surface area contributed by atoms with Gasteiger partial charge >= 0.3 is 6.18 Å². The van der Waals surface area contributed by atoms with E-state index in [2.05, 4.69) is 25.3 Å². The molecule has 27 heavy (non-hydrogen) atoms. The van der Waals surface area contributed by atoms with E-state index in [0.717, 1.165) is 18.7 Å². The fraction of sp³-hybridized carbons (Fsp3) is 0.444. The standard InChI is InChI=1S/C18H24F3N5O/c1-2-23-17(24-8-10-26-9-7-22-14-26)25-11-15-3-5-16(6-4-15)12-27-13-18(19,20)21/h3-7,9,14H,2,8,10-13H2,1H3,(H2,23,24,25). The van der Waals surface area contributed by atoms with Crippen LogP contribution in [0.5, 0.6) is 0 Å². The fourth-order valence-corrected chi connectivity index (χ4v) is 2.26. The zero-order chi connectivity index (χ0) is 19.5. The van der Waals surface area contributed by atoms with Gasteiger partial charge in [-0.05, 0) is 18.1 Å². The SMILES string of the molecule is CCNC(=NCc1ccc(COCC(F)(F)F)cc1)NCCn1ccnc1. The predicted octanol–water partition coefficient (Wildman–Crippen LogP) is 2.72. The van der Waals surface area contributed by atoms with Crippen molar-refractivity contribution < 1.29 is 17.9 Å². The molecule has 0 aliphatic heterocycles. The maximum atomic E-state index is 12.1. The molecular weight excluding hydrogens is 359 g/mol. The van der Waals surface area contributed by atoms with Gasteiger partial charge in [-0.25, -0.2) is 9.98 Å². The minimum atomic E-state index is -4.30. The van der Waals surface area contributed by atoms with Crippen molar-refractivity contribution in [2.75, 3.05) is 19.7 Å². The molecule has 0 spiro atoms. The van der Waals surface area contributed by atoms with Gasteiger partial charge in [0.2, 0.25) is 0 Å². The Labute approximate surface area is 156 Å². The molecule has 9 heteroatoms. The number of nitrogens with zero attached hydrogens (tertiary/aromatic N) is 3. The lowest BCUT2D eigenvalue weighted by molar-refractivity contribution is -0.176. The van der Waals surface area contributed by atoms with Crippen molar-refractivity contribution >= 4 is 5.96 Å². The highest BCUT2D eigenvalue weighted by Crippen LogP contribution is 2.16. The number of halogens is 3. The molecule has 1 aromatic heterocycles.